The van der Waals surface area contributed by atoms with Crippen LogP contribution in [-0.4, -0.2) is 31.6 Å². The van der Waals surface area contributed by atoms with Crippen LogP contribution >= 0.6 is 0 Å². The molecule has 0 amide bonds. The van der Waals surface area contributed by atoms with Gasteiger partial charge in [0.25, 0.3) is 0 Å². The third-order valence-corrected chi connectivity index (χ3v) is 1.30. The van der Waals surface area contributed by atoms with E-state index in [9.17, 15) is 0 Å². The molecule has 0 aliphatic carbocycles. The Labute approximate surface area is 84.0 Å². The quantitative estimate of drug-likeness (QED) is 0.222. The summed E-state index contributed by atoms with van der Waals surface area (Å²) in [5, 5.41) is 3.33. The van der Waals surface area contributed by atoms with E-state index in [0.717, 1.165) is 0 Å². The fraction of sp³-hybridized carbons (Fsp3) is 1.00. The molecule has 0 fully saturated rings. The lowest BCUT2D eigenvalue weighted by Crippen LogP contribution is -2.39. The van der Waals surface area contributed by atoms with Crippen LogP contribution in [0.3, 0.4) is 0 Å². The van der Waals surface area contributed by atoms with Crippen molar-refractivity contribution >= 4 is 0 Å². The smallest absolute Gasteiger partial charge is 0.154 e. The number of rotatable bonds is 7. The standard InChI is InChI=1S/C8H18N4O2/c1-7(13-5-4-11-12-10)14-6-8(2,3)9/h7H,4-6,9H2,1-3H3/t7-/m0/s1. The number of ether oxygens (including phenoxy) is 2. The fourth-order valence-corrected chi connectivity index (χ4v) is 0.684. The van der Waals surface area contributed by atoms with Crippen LogP contribution in [0.15, 0.2) is 5.11 Å². The molecule has 1 atom stereocenters. The summed E-state index contributed by atoms with van der Waals surface area (Å²) in [4.78, 5) is 2.60. The third-order valence-electron chi connectivity index (χ3n) is 1.30. The van der Waals surface area contributed by atoms with Gasteiger partial charge in [-0.05, 0) is 26.3 Å². The highest BCUT2D eigenvalue weighted by atomic mass is 16.7. The molecule has 0 saturated carbocycles. The Morgan fingerprint density at radius 3 is 2.64 bits per heavy atom. The lowest BCUT2D eigenvalue weighted by molar-refractivity contribution is -0.136. The first kappa shape index (κ1) is 13.2. The number of azide groups is 1. The van der Waals surface area contributed by atoms with Crippen molar-refractivity contribution in [3.05, 3.63) is 10.4 Å². The van der Waals surface area contributed by atoms with Gasteiger partial charge in [-0.25, -0.2) is 0 Å². The molecule has 0 bridgehead atoms. The number of nitrogens with zero attached hydrogens (tertiary/aromatic N) is 3. The highest BCUT2D eigenvalue weighted by molar-refractivity contribution is 4.70. The van der Waals surface area contributed by atoms with Gasteiger partial charge in [-0.1, -0.05) is 5.11 Å². The van der Waals surface area contributed by atoms with Gasteiger partial charge in [-0.3, -0.25) is 0 Å². The summed E-state index contributed by atoms with van der Waals surface area (Å²) in [6, 6.07) is 0. The largest absolute Gasteiger partial charge is 0.353 e. The first-order valence-electron chi connectivity index (χ1n) is 4.48. The fourth-order valence-electron chi connectivity index (χ4n) is 0.684. The minimum Gasteiger partial charge on any atom is -0.353 e. The summed E-state index contributed by atoms with van der Waals surface area (Å²) in [5.41, 5.74) is 13.4. The molecule has 82 valence electrons. The highest BCUT2D eigenvalue weighted by Gasteiger charge is 2.12. The monoisotopic (exact) mass is 202 g/mol. The third kappa shape index (κ3) is 9.28. The minimum absolute atomic E-state index is 0.316. The van der Waals surface area contributed by atoms with Crippen molar-refractivity contribution in [3.8, 4) is 0 Å². The summed E-state index contributed by atoms with van der Waals surface area (Å²) >= 11 is 0. The van der Waals surface area contributed by atoms with E-state index < -0.39 is 0 Å². The highest BCUT2D eigenvalue weighted by Crippen LogP contribution is 2.01. The molecule has 2 N–H and O–H groups in total. The summed E-state index contributed by atoms with van der Waals surface area (Å²) in [5.74, 6) is 0. The molecular formula is C8H18N4O2. The van der Waals surface area contributed by atoms with Gasteiger partial charge >= 0.3 is 0 Å². The SMILES string of the molecule is C[C@@H](OCCN=[N+]=[N-])OCC(C)(C)N. The second kappa shape index (κ2) is 6.62. The maximum absolute atomic E-state index is 8.00. The molecule has 0 aromatic rings. The summed E-state index contributed by atoms with van der Waals surface area (Å²) in [6.07, 6.45) is -0.327. The van der Waals surface area contributed by atoms with Crippen molar-refractivity contribution in [2.75, 3.05) is 19.8 Å². The number of hydrogen-bond acceptors (Lipinski definition) is 4. The summed E-state index contributed by atoms with van der Waals surface area (Å²) in [6.45, 7) is 6.63. The van der Waals surface area contributed by atoms with Gasteiger partial charge in [0.15, 0.2) is 6.29 Å². The molecule has 0 heterocycles. The van der Waals surface area contributed by atoms with Crippen LogP contribution in [-0.2, 0) is 9.47 Å². The minimum atomic E-state index is -0.359. The Morgan fingerprint density at radius 1 is 1.50 bits per heavy atom. The van der Waals surface area contributed by atoms with Gasteiger partial charge in [0.05, 0.1) is 13.2 Å². The molecule has 0 unspecified atom stereocenters. The van der Waals surface area contributed by atoms with Crippen molar-refractivity contribution in [1.82, 2.24) is 0 Å². The molecule has 0 rings (SSSR count). The Morgan fingerprint density at radius 2 is 2.14 bits per heavy atom. The zero-order chi connectivity index (χ0) is 11.0. The second-order valence-corrected chi connectivity index (χ2v) is 3.69. The molecule has 0 aromatic heterocycles. The maximum Gasteiger partial charge on any atom is 0.154 e. The van der Waals surface area contributed by atoms with E-state index in [2.05, 4.69) is 10.0 Å². The average molecular weight is 202 g/mol. The van der Waals surface area contributed by atoms with E-state index in [0.29, 0.717) is 19.8 Å². The van der Waals surface area contributed by atoms with E-state index in [1.54, 1.807) is 6.92 Å². The number of hydrogen-bond donors (Lipinski definition) is 1. The van der Waals surface area contributed by atoms with Crippen LogP contribution in [0.25, 0.3) is 10.4 Å². The summed E-state index contributed by atoms with van der Waals surface area (Å²) in [7, 11) is 0. The molecule has 0 aliphatic rings. The zero-order valence-electron chi connectivity index (χ0n) is 8.93. The lowest BCUT2D eigenvalue weighted by Gasteiger charge is -2.21. The zero-order valence-corrected chi connectivity index (χ0v) is 8.93. The van der Waals surface area contributed by atoms with Gasteiger partial charge in [0.2, 0.25) is 0 Å². The van der Waals surface area contributed by atoms with Crippen molar-refractivity contribution < 1.29 is 9.47 Å². The van der Waals surface area contributed by atoms with Crippen LogP contribution in [0.5, 0.6) is 0 Å². The van der Waals surface area contributed by atoms with E-state index in [1.165, 1.54) is 0 Å². The predicted molar refractivity (Wildman–Crippen MR) is 53.6 cm³/mol. The molecular weight excluding hydrogens is 184 g/mol. The van der Waals surface area contributed by atoms with Crippen molar-refractivity contribution in [2.45, 2.75) is 32.6 Å². The average Bonchev–Trinajstić information content (AvgIpc) is 2.08. The Bertz CT molecular complexity index is 196. The van der Waals surface area contributed by atoms with Crippen LogP contribution in [0.1, 0.15) is 20.8 Å². The Kier molecular flexibility index (Phi) is 6.23. The molecule has 0 aliphatic heterocycles. The van der Waals surface area contributed by atoms with Crippen molar-refractivity contribution in [3.63, 3.8) is 0 Å². The van der Waals surface area contributed by atoms with Crippen LogP contribution in [0.4, 0.5) is 0 Å². The Hall–Kier alpha value is -0.810. The van der Waals surface area contributed by atoms with Crippen molar-refractivity contribution in [2.24, 2.45) is 10.8 Å². The van der Waals surface area contributed by atoms with Crippen LogP contribution in [0, 0.1) is 0 Å². The normalized spacial score (nSPS) is 13.4. The lowest BCUT2D eigenvalue weighted by atomic mass is 10.1. The molecule has 6 heteroatoms. The van der Waals surface area contributed by atoms with E-state index in [1.807, 2.05) is 13.8 Å². The van der Waals surface area contributed by atoms with Gasteiger partial charge in [-0.2, -0.15) is 0 Å². The molecule has 6 nitrogen and oxygen atoms in total. The van der Waals surface area contributed by atoms with Crippen LogP contribution < -0.4 is 5.73 Å². The molecule has 0 aromatic carbocycles. The molecule has 0 saturated heterocycles. The topological polar surface area (TPSA) is 93.2 Å². The van der Waals surface area contributed by atoms with Gasteiger partial charge < -0.3 is 15.2 Å². The van der Waals surface area contributed by atoms with E-state index in [-0.39, 0.29) is 11.8 Å². The second-order valence-electron chi connectivity index (χ2n) is 3.69. The molecule has 0 radical (unpaired) electrons. The summed E-state index contributed by atoms with van der Waals surface area (Å²) < 4.78 is 10.5. The van der Waals surface area contributed by atoms with Crippen molar-refractivity contribution in [1.29, 1.82) is 0 Å². The number of nitrogens with two attached hydrogens (primary N) is 1. The molecule has 0 spiro atoms. The van der Waals surface area contributed by atoms with Crippen LogP contribution in [0.2, 0.25) is 0 Å². The van der Waals surface area contributed by atoms with E-state index >= 15 is 0 Å². The first-order valence-corrected chi connectivity index (χ1v) is 4.48. The van der Waals surface area contributed by atoms with E-state index in [4.69, 9.17) is 20.7 Å². The maximum atomic E-state index is 8.00. The van der Waals surface area contributed by atoms with Gasteiger partial charge in [0.1, 0.15) is 0 Å². The Balaban J connectivity index is 3.46. The van der Waals surface area contributed by atoms with Gasteiger partial charge in [0, 0.05) is 17.0 Å². The predicted octanol–water partition coefficient (Wildman–Crippen LogP) is 1.41. The first-order chi connectivity index (χ1) is 6.45. The van der Waals surface area contributed by atoms with Gasteiger partial charge in [-0.15, -0.1) is 0 Å². The molecule has 14 heavy (non-hydrogen) atoms.